The number of nitrogens with zero attached hydrogens (tertiary/aromatic N) is 3. The first-order valence-electron chi connectivity index (χ1n) is 9.17. The molecule has 0 saturated carbocycles. The summed E-state index contributed by atoms with van der Waals surface area (Å²) in [6, 6.07) is 16.6. The van der Waals surface area contributed by atoms with Crippen molar-refractivity contribution in [1.29, 1.82) is 0 Å². The van der Waals surface area contributed by atoms with Crippen LogP contribution in [0.2, 0.25) is 0 Å². The third-order valence-electron chi connectivity index (χ3n) is 4.49. The van der Waals surface area contributed by atoms with Crippen molar-refractivity contribution < 1.29 is 0 Å². The number of para-hydroxylation sites is 2. The van der Waals surface area contributed by atoms with E-state index in [0.717, 1.165) is 36.9 Å². The summed E-state index contributed by atoms with van der Waals surface area (Å²) in [6.45, 7) is 9.41. The first kappa shape index (κ1) is 18.0. The Morgan fingerprint density at radius 3 is 2.62 bits per heavy atom. The predicted octanol–water partition coefficient (Wildman–Crippen LogP) is 3.41. The summed E-state index contributed by atoms with van der Waals surface area (Å²) in [5.41, 5.74) is 4.74. The molecule has 0 unspecified atom stereocenters. The highest BCUT2D eigenvalue weighted by atomic mass is 15.2. The van der Waals surface area contributed by atoms with Crippen molar-refractivity contribution in [3.8, 4) is 0 Å². The van der Waals surface area contributed by atoms with Crippen LogP contribution in [0.1, 0.15) is 23.9 Å². The lowest BCUT2D eigenvalue weighted by Crippen LogP contribution is -2.38. The van der Waals surface area contributed by atoms with Gasteiger partial charge in [0.2, 0.25) is 0 Å². The van der Waals surface area contributed by atoms with E-state index in [0.29, 0.717) is 6.54 Å². The zero-order valence-electron chi connectivity index (χ0n) is 15.8. The van der Waals surface area contributed by atoms with E-state index in [9.17, 15) is 0 Å². The number of benzene rings is 2. The molecule has 136 valence electrons. The zero-order chi connectivity index (χ0) is 18.4. The Kier molecular flexibility index (Phi) is 5.89. The van der Waals surface area contributed by atoms with Crippen LogP contribution >= 0.6 is 0 Å². The van der Waals surface area contributed by atoms with Gasteiger partial charge in [0, 0.05) is 19.6 Å². The number of aromatic nitrogens is 2. The van der Waals surface area contributed by atoms with Crippen LogP contribution in [0.5, 0.6) is 0 Å². The van der Waals surface area contributed by atoms with Gasteiger partial charge in [-0.1, -0.05) is 36.4 Å². The molecular formula is C21H27N5. The number of imidazole rings is 1. The van der Waals surface area contributed by atoms with Gasteiger partial charge in [0.25, 0.3) is 0 Å². The van der Waals surface area contributed by atoms with Gasteiger partial charge in [0.15, 0.2) is 5.96 Å². The Balaban J connectivity index is 1.64. The molecule has 0 atom stereocenters. The van der Waals surface area contributed by atoms with Crippen LogP contribution in [0.3, 0.4) is 0 Å². The van der Waals surface area contributed by atoms with Crippen molar-refractivity contribution in [2.24, 2.45) is 4.99 Å². The fraction of sp³-hybridized carbons (Fsp3) is 0.333. The van der Waals surface area contributed by atoms with E-state index < -0.39 is 0 Å². The number of hydrogen-bond acceptors (Lipinski definition) is 2. The number of fused-ring (bicyclic) bond motifs is 1. The molecule has 1 aromatic heterocycles. The van der Waals surface area contributed by atoms with Crippen LogP contribution in [0.4, 0.5) is 0 Å². The van der Waals surface area contributed by atoms with Crippen LogP contribution in [0.25, 0.3) is 11.0 Å². The fourth-order valence-electron chi connectivity index (χ4n) is 3.06. The van der Waals surface area contributed by atoms with Gasteiger partial charge in [-0.3, -0.25) is 0 Å². The minimum atomic E-state index is 0.676. The third kappa shape index (κ3) is 4.23. The molecule has 2 N–H and O–H groups in total. The summed E-state index contributed by atoms with van der Waals surface area (Å²) >= 11 is 0. The Bertz CT molecular complexity index is 894. The van der Waals surface area contributed by atoms with Gasteiger partial charge in [0.1, 0.15) is 5.82 Å². The average molecular weight is 349 g/mol. The van der Waals surface area contributed by atoms with Crippen molar-refractivity contribution in [3.05, 3.63) is 65.5 Å². The van der Waals surface area contributed by atoms with Crippen LogP contribution in [0, 0.1) is 13.8 Å². The van der Waals surface area contributed by atoms with Gasteiger partial charge in [-0.2, -0.15) is 0 Å². The molecule has 3 aromatic rings. The Morgan fingerprint density at radius 1 is 1.04 bits per heavy atom. The quantitative estimate of drug-likeness (QED) is 0.530. The highest BCUT2D eigenvalue weighted by molar-refractivity contribution is 5.80. The van der Waals surface area contributed by atoms with Gasteiger partial charge < -0.3 is 15.2 Å². The third-order valence-corrected chi connectivity index (χ3v) is 4.49. The summed E-state index contributed by atoms with van der Waals surface area (Å²) in [5, 5.41) is 6.75. The second kappa shape index (κ2) is 8.52. The number of hydrogen-bond donors (Lipinski definition) is 2. The van der Waals surface area contributed by atoms with Crippen molar-refractivity contribution in [1.82, 2.24) is 20.2 Å². The van der Waals surface area contributed by atoms with E-state index in [2.05, 4.69) is 83.4 Å². The van der Waals surface area contributed by atoms with Gasteiger partial charge in [-0.15, -0.1) is 0 Å². The molecule has 26 heavy (non-hydrogen) atoms. The van der Waals surface area contributed by atoms with Crippen molar-refractivity contribution in [3.63, 3.8) is 0 Å². The summed E-state index contributed by atoms with van der Waals surface area (Å²) in [5.74, 6) is 1.88. The van der Waals surface area contributed by atoms with Gasteiger partial charge >= 0.3 is 0 Å². The molecule has 0 radical (unpaired) electrons. The second-order valence-corrected chi connectivity index (χ2v) is 6.35. The molecule has 3 rings (SSSR count). The molecule has 0 aliphatic heterocycles. The van der Waals surface area contributed by atoms with E-state index >= 15 is 0 Å². The summed E-state index contributed by atoms with van der Waals surface area (Å²) in [6.07, 6.45) is 0. The number of aliphatic imine (C=N–C) groups is 1. The van der Waals surface area contributed by atoms with Crippen molar-refractivity contribution in [2.75, 3.05) is 13.1 Å². The van der Waals surface area contributed by atoms with E-state index in [-0.39, 0.29) is 0 Å². The van der Waals surface area contributed by atoms with Gasteiger partial charge in [-0.05, 0) is 44.0 Å². The zero-order valence-corrected chi connectivity index (χ0v) is 15.8. The minimum Gasteiger partial charge on any atom is -0.357 e. The molecule has 0 bridgehead atoms. The number of aryl methyl sites for hydroxylation is 2. The maximum atomic E-state index is 4.72. The monoisotopic (exact) mass is 349 g/mol. The van der Waals surface area contributed by atoms with Gasteiger partial charge in [-0.25, -0.2) is 9.98 Å². The van der Waals surface area contributed by atoms with E-state index in [4.69, 9.17) is 4.99 Å². The number of rotatable bonds is 6. The standard InChI is InChI=1S/C21H27N5/c1-4-22-21(24-15-18-10-6-5-9-16(18)2)23-13-14-26-17(3)25-19-11-7-8-12-20(19)26/h5-12H,4,13-15H2,1-3H3,(H2,22,23,24). The van der Waals surface area contributed by atoms with Crippen LogP contribution in [-0.2, 0) is 13.1 Å². The predicted molar refractivity (Wildman–Crippen MR) is 108 cm³/mol. The first-order valence-corrected chi connectivity index (χ1v) is 9.17. The van der Waals surface area contributed by atoms with E-state index in [1.165, 1.54) is 16.6 Å². The first-order chi connectivity index (χ1) is 12.7. The average Bonchev–Trinajstić information content (AvgIpc) is 2.96. The van der Waals surface area contributed by atoms with E-state index in [1.807, 2.05) is 6.07 Å². The van der Waals surface area contributed by atoms with Crippen molar-refractivity contribution in [2.45, 2.75) is 33.9 Å². The fourth-order valence-corrected chi connectivity index (χ4v) is 3.06. The van der Waals surface area contributed by atoms with Crippen LogP contribution < -0.4 is 10.6 Å². The lowest BCUT2D eigenvalue weighted by atomic mass is 10.1. The molecular weight excluding hydrogens is 322 g/mol. The summed E-state index contributed by atoms with van der Waals surface area (Å²) in [4.78, 5) is 9.34. The maximum Gasteiger partial charge on any atom is 0.191 e. The minimum absolute atomic E-state index is 0.676. The smallest absolute Gasteiger partial charge is 0.191 e. The molecule has 1 heterocycles. The molecule has 5 heteroatoms. The summed E-state index contributed by atoms with van der Waals surface area (Å²) < 4.78 is 2.24. The molecule has 0 spiro atoms. The largest absolute Gasteiger partial charge is 0.357 e. The Labute approximate surface area is 155 Å². The molecule has 0 aliphatic rings. The molecule has 0 saturated heterocycles. The summed E-state index contributed by atoms with van der Waals surface area (Å²) in [7, 11) is 0. The van der Waals surface area contributed by atoms with Crippen LogP contribution in [-0.4, -0.2) is 28.6 Å². The molecule has 0 amide bonds. The van der Waals surface area contributed by atoms with E-state index in [1.54, 1.807) is 0 Å². The van der Waals surface area contributed by atoms with Crippen molar-refractivity contribution >= 4 is 17.0 Å². The second-order valence-electron chi connectivity index (χ2n) is 6.35. The van der Waals surface area contributed by atoms with Gasteiger partial charge in [0.05, 0.1) is 17.6 Å². The van der Waals surface area contributed by atoms with Crippen LogP contribution in [0.15, 0.2) is 53.5 Å². The molecule has 5 nitrogen and oxygen atoms in total. The molecule has 0 fully saturated rings. The SMILES string of the molecule is CCNC(=NCc1ccccc1C)NCCn1c(C)nc2ccccc21. The maximum absolute atomic E-state index is 4.72. The number of nitrogens with one attached hydrogen (secondary N) is 2. The lowest BCUT2D eigenvalue weighted by Gasteiger charge is -2.13. The topological polar surface area (TPSA) is 54.2 Å². The lowest BCUT2D eigenvalue weighted by molar-refractivity contribution is 0.660. The highest BCUT2D eigenvalue weighted by Gasteiger charge is 2.06. The number of guanidine groups is 1. The molecule has 0 aliphatic carbocycles. The highest BCUT2D eigenvalue weighted by Crippen LogP contribution is 2.14. The molecule has 2 aromatic carbocycles. The Hall–Kier alpha value is -2.82. The Morgan fingerprint density at radius 2 is 1.81 bits per heavy atom. The normalized spacial score (nSPS) is 11.7.